The first-order valence-electron chi connectivity index (χ1n) is 6.51. The van der Waals surface area contributed by atoms with Crippen LogP contribution in [0.25, 0.3) is 0 Å². The Bertz CT molecular complexity index is 540. The van der Waals surface area contributed by atoms with Crippen LogP contribution in [0.15, 0.2) is 27.6 Å². The second kappa shape index (κ2) is 6.35. The lowest BCUT2D eigenvalue weighted by molar-refractivity contribution is 0.519. The Morgan fingerprint density at radius 3 is 2.58 bits per heavy atom. The molecule has 1 saturated carbocycles. The fraction of sp³-hybridized carbons (Fsp3) is 0.538. The van der Waals surface area contributed by atoms with E-state index in [1.807, 2.05) is 0 Å². The summed E-state index contributed by atoms with van der Waals surface area (Å²) in [5, 5.41) is 0. The maximum Gasteiger partial charge on any atom is 0.241 e. The summed E-state index contributed by atoms with van der Waals surface area (Å²) in [5.41, 5.74) is 6.44. The van der Waals surface area contributed by atoms with Gasteiger partial charge < -0.3 is 5.73 Å². The highest BCUT2D eigenvalue weighted by molar-refractivity contribution is 9.10. The average Bonchev–Trinajstić information content (AvgIpc) is 2.89. The van der Waals surface area contributed by atoms with E-state index in [0.717, 1.165) is 18.4 Å². The highest BCUT2D eigenvalue weighted by atomic mass is 79.9. The lowest BCUT2D eigenvalue weighted by Gasteiger charge is -2.12. The van der Waals surface area contributed by atoms with Gasteiger partial charge in [0.2, 0.25) is 10.0 Å². The van der Waals surface area contributed by atoms with Gasteiger partial charge in [-0.05, 0) is 52.4 Å². The zero-order chi connectivity index (χ0) is 13.9. The number of nitrogens with two attached hydrogens (primary N) is 1. The second-order valence-corrected chi connectivity index (χ2v) is 7.56. The van der Waals surface area contributed by atoms with Crippen molar-refractivity contribution in [3.63, 3.8) is 0 Å². The number of rotatable bonds is 5. The molecule has 0 unspecified atom stereocenters. The lowest BCUT2D eigenvalue weighted by atomic mass is 10.1. The van der Waals surface area contributed by atoms with Gasteiger partial charge in [0.1, 0.15) is 0 Å². The number of sulfonamides is 1. The molecule has 0 heterocycles. The Kier molecular flexibility index (Phi) is 5.00. The smallest absolute Gasteiger partial charge is 0.241 e. The first kappa shape index (κ1) is 15.0. The van der Waals surface area contributed by atoms with Crippen LogP contribution in [-0.4, -0.2) is 15.0 Å². The molecule has 0 spiro atoms. The van der Waals surface area contributed by atoms with E-state index < -0.39 is 10.0 Å². The van der Waals surface area contributed by atoms with Crippen LogP contribution in [0.3, 0.4) is 0 Å². The summed E-state index contributed by atoms with van der Waals surface area (Å²) in [4.78, 5) is 0.280. The summed E-state index contributed by atoms with van der Waals surface area (Å²) in [6.07, 6.45) is 4.66. The fourth-order valence-corrected chi connectivity index (χ4v) is 4.65. The third-order valence-corrected chi connectivity index (χ3v) is 5.96. The van der Waals surface area contributed by atoms with Crippen LogP contribution in [0, 0.1) is 5.92 Å². The Hall–Kier alpha value is -0.430. The van der Waals surface area contributed by atoms with Crippen LogP contribution < -0.4 is 10.5 Å². The third kappa shape index (κ3) is 3.78. The molecule has 1 aliphatic rings. The number of hydrogen-bond acceptors (Lipinski definition) is 3. The molecule has 0 bridgehead atoms. The van der Waals surface area contributed by atoms with Gasteiger partial charge in [-0.2, -0.15) is 0 Å². The molecule has 4 nitrogen and oxygen atoms in total. The van der Waals surface area contributed by atoms with Crippen molar-refractivity contribution in [3.8, 4) is 0 Å². The van der Waals surface area contributed by atoms with Crippen LogP contribution in [0.5, 0.6) is 0 Å². The first-order valence-corrected chi connectivity index (χ1v) is 8.78. The van der Waals surface area contributed by atoms with Crippen molar-refractivity contribution in [3.05, 3.63) is 28.2 Å². The summed E-state index contributed by atoms with van der Waals surface area (Å²) in [6, 6.07) is 5.10. The van der Waals surface area contributed by atoms with Gasteiger partial charge in [-0.25, -0.2) is 13.1 Å². The van der Waals surface area contributed by atoms with Gasteiger partial charge in [0, 0.05) is 17.6 Å². The Morgan fingerprint density at radius 2 is 2.00 bits per heavy atom. The summed E-state index contributed by atoms with van der Waals surface area (Å²) in [6.45, 7) is 0.932. The molecule has 0 amide bonds. The highest BCUT2D eigenvalue weighted by Crippen LogP contribution is 2.26. The predicted molar refractivity (Wildman–Crippen MR) is 79.2 cm³/mol. The van der Waals surface area contributed by atoms with E-state index in [0.29, 0.717) is 23.5 Å². The number of benzene rings is 1. The highest BCUT2D eigenvalue weighted by Gasteiger charge is 2.21. The van der Waals surface area contributed by atoms with E-state index in [9.17, 15) is 8.42 Å². The van der Waals surface area contributed by atoms with Crippen molar-refractivity contribution in [2.24, 2.45) is 11.7 Å². The van der Waals surface area contributed by atoms with E-state index in [1.165, 1.54) is 12.8 Å². The van der Waals surface area contributed by atoms with Gasteiger partial charge in [-0.3, -0.25) is 0 Å². The summed E-state index contributed by atoms with van der Waals surface area (Å²) >= 11 is 3.30. The molecule has 2 rings (SSSR count). The van der Waals surface area contributed by atoms with Gasteiger partial charge in [0.15, 0.2) is 0 Å². The first-order chi connectivity index (χ1) is 9.03. The van der Waals surface area contributed by atoms with Crippen LogP contribution in [0.4, 0.5) is 0 Å². The van der Waals surface area contributed by atoms with Crippen molar-refractivity contribution in [1.29, 1.82) is 0 Å². The van der Waals surface area contributed by atoms with Gasteiger partial charge in [0.25, 0.3) is 0 Å². The maximum absolute atomic E-state index is 12.2. The molecule has 1 aromatic rings. The van der Waals surface area contributed by atoms with Crippen molar-refractivity contribution < 1.29 is 8.42 Å². The maximum atomic E-state index is 12.2. The average molecular weight is 347 g/mol. The number of halogens is 1. The van der Waals surface area contributed by atoms with Crippen LogP contribution in [0.2, 0.25) is 0 Å². The minimum atomic E-state index is -3.44. The molecule has 3 N–H and O–H groups in total. The molecule has 6 heteroatoms. The van der Waals surface area contributed by atoms with Crippen molar-refractivity contribution >= 4 is 26.0 Å². The molecule has 19 heavy (non-hydrogen) atoms. The van der Waals surface area contributed by atoms with E-state index >= 15 is 0 Å². The van der Waals surface area contributed by atoms with Gasteiger partial charge >= 0.3 is 0 Å². The standard InChI is InChI=1S/C13H19BrN2O2S/c14-12-7-11(8-15)5-6-13(12)19(17,18)16-9-10-3-1-2-4-10/h5-7,10,16H,1-4,8-9,15H2. The topological polar surface area (TPSA) is 72.2 Å². The van der Waals surface area contributed by atoms with Crippen molar-refractivity contribution in [1.82, 2.24) is 4.72 Å². The summed E-state index contributed by atoms with van der Waals surface area (Å²) in [7, 11) is -3.44. The quantitative estimate of drug-likeness (QED) is 0.859. The van der Waals surface area contributed by atoms with Crippen LogP contribution >= 0.6 is 15.9 Å². The zero-order valence-corrected chi connectivity index (χ0v) is 13.1. The zero-order valence-electron chi connectivity index (χ0n) is 10.7. The molecule has 0 saturated heterocycles. The fourth-order valence-electron chi connectivity index (χ4n) is 2.41. The largest absolute Gasteiger partial charge is 0.326 e. The Labute approximate surface area is 122 Å². The van der Waals surface area contributed by atoms with E-state index in [1.54, 1.807) is 18.2 Å². The number of hydrogen-bond donors (Lipinski definition) is 2. The lowest BCUT2D eigenvalue weighted by Crippen LogP contribution is -2.28. The minimum Gasteiger partial charge on any atom is -0.326 e. The molecule has 1 fully saturated rings. The van der Waals surface area contributed by atoms with Crippen LogP contribution in [0.1, 0.15) is 31.2 Å². The Balaban J connectivity index is 2.10. The van der Waals surface area contributed by atoms with Gasteiger partial charge in [0.05, 0.1) is 4.90 Å². The van der Waals surface area contributed by atoms with E-state index in [2.05, 4.69) is 20.7 Å². The molecular weight excluding hydrogens is 328 g/mol. The Morgan fingerprint density at radius 1 is 1.32 bits per heavy atom. The number of nitrogens with one attached hydrogen (secondary N) is 1. The molecule has 1 aliphatic carbocycles. The van der Waals surface area contributed by atoms with Crippen molar-refractivity contribution in [2.45, 2.75) is 37.1 Å². The molecule has 0 aromatic heterocycles. The van der Waals surface area contributed by atoms with Crippen LogP contribution in [-0.2, 0) is 16.6 Å². The monoisotopic (exact) mass is 346 g/mol. The third-order valence-electron chi connectivity index (χ3n) is 3.56. The SMILES string of the molecule is NCc1ccc(S(=O)(=O)NCC2CCCC2)c(Br)c1. The summed E-state index contributed by atoms with van der Waals surface area (Å²) < 4.78 is 27.7. The van der Waals surface area contributed by atoms with E-state index in [4.69, 9.17) is 5.73 Å². The second-order valence-electron chi connectivity index (χ2n) is 4.97. The predicted octanol–water partition coefficient (Wildman–Crippen LogP) is 2.38. The molecule has 1 aromatic carbocycles. The summed E-state index contributed by atoms with van der Waals surface area (Å²) in [5.74, 6) is 0.483. The normalized spacial score (nSPS) is 16.9. The molecule has 0 aliphatic heterocycles. The van der Waals surface area contributed by atoms with Gasteiger partial charge in [-0.1, -0.05) is 18.9 Å². The minimum absolute atomic E-state index is 0.280. The molecule has 106 valence electrons. The van der Waals surface area contributed by atoms with E-state index in [-0.39, 0.29) is 4.90 Å². The molecule has 0 radical (unpaired) electrons. The van der Waals surface area contributed by atoms with Crippen molar-refractivity contribution in [2.75, 3.05) is 6.54 Å². The van der Waals surface area contributed by atoms with Gasteiger partial charge in [-0.15, -0.1) is 0 Å². The molecule has 0 atom stereocenters. The molecular formula is C13H19BrN2O2S.